The Kier molecular flexibility index (Phi) is 3.67. The SMILES string of the molecule is Cc1cncc(-c2ccc3ncc4c(c3c2)n(-c2cn(C)nc2C)c(=O)n4C)c1. The average molecular weight is 384 g/mol. The van der Waals surface area contributed by atoms with Crippen LogP contribution in [0.3, 0.4) is 0 Å². The molecule has 1 aromatic carbocycles. The summed E-state index contributed by atoms with van der Waals surface area (Å²) < 4.78 is 5.10. The maximum atomic E-state index is 13.1. The van der Waals surface area contributed by atoms with Gasteiger partial charge in [0.1, 0.15) is 0 Å². The fourth-order valence-corrected chi connectivity index (χ4v) is 3.92. The minimum Gasteiger partial charge on any atom is -0.293 e. The van der Waals surface area contributed by atoms with Gasteiger partial charge in [-0.2, -0.15) is 5.10 Å². The molecule has 29 heavy (non-hydrogen) atoms. The first-order chi connectivity index (χ1) is 13.9. The number of hydrogen-bond donors (Lipinski definition) is 0. The van der Waals surface area contributed by atoms with E-state index in [2.05, 4.69) is 27.2 Å². The number of nitrogens with zero attached hydrogens (tertiary/aromatic N) is 6. The Morgan fingerprint density at radius 1 is 0.966 bits per heavy atom. The minimum atomic E-state index is -0.118. The van der Waals surface area contributed by atoms with E-state index >= 15 is 0 Å². The summed E-state index contributed by atoms with van der Waals surface area (Å²) in [5.41, 5.74) is 7.08. The summed E-state index contributed by atoms with van der Waals surface area (Å²) in [6, 6.07) is 8.22. The number of benzene rings is 1. The molecular weight excluding hydrogens is 364 g/mol. The second kappa shape index (κ2) is 6.13. The van der Waals surface area contributed by atoms with Crippen LogP contribution in [0.15, 0.2) is 53.8 Å². The maximum Gasteiger partial charge on any atom is 0.333 e. The van der Waals surface area contributed by atoms with Gasteiger partial charge in [-0.1, -0.05) is 6.07 Å². The summed E-state index contributed by atoms with van der Waals surface area (Å²) in [4.78, 5) is 22.0. The van der Waals surface area contributed by atoms with Gasteiger partial charge in [0.2, 0.25) is 0 Å². The standard InChI is InChI=1S/C22H20N6O/c1-13-7-16(10-23-9-13)15-5-6-18-17(8-15)21-19(11-24-18)27(4)22(29)28(21)20-12-26(3)25-14(20)2/h5-12H,1-4H3. The molecule has 0 aliphatic rings. The van der Waals surface area contributed by atoms with Crippen molar-refractivity contribution in [1.82, 2.24) is 28.9 Å². The van der Waals surface area contributed by atoms with Crippen LogP contribution in [-0.2, 0) is 14.1 Å². The molecule has 0 bridgehead atoms. The Morgan fingerprint density at radius 3 is 2.52 bits per heavy atom. The summed E-state index contributed by atoms with van der Waals surface area (Å²) in [6.45, 7) is 3.94. The molecule has 0 amide bonds. The number of aryl methyl sites for hydroxylation is 4. The summed E-state index contributed by atoms with van der Waals surface area (Å²) >= 11 is 0. The molecule has 7 nitrogen and oxygen atoms in total. The molecule has 4 aromatic heterocycles. The molecule has 4 heterocycles. The van der Waals surface area contributed by atoms with Gasteiger partial charge in [0.25, 0.3) is 0 Å². The van der Waals surface area contributed by atoms with Gasteiger partial charge in [0, 0.05) is 43.6 Å². The van der Waals surface area contributed by atoms with Crippen molar-refractivity contribution in [3.8, 4) is 16.8 Å². The van der Waals surface area contributed by atoms with Crippen LogP contribution >= 0.6 is 0 Å². The van der Waals surface area contributed by atoms with E-state index < -0.39 is 0 Å². The smallest absolute Gasteiger partial charge is 0.293 e. The molecule has 0 saturated heterocycles. The molecule has 0 aliphatic carbocycles. The number of pyridine rings is 2. The number of hydrogen-bond acceptors (Lipinski definition) is 4. The molecule has 0 aliphatic heterocycles. The average Bonchev–Trinajstić information content (AvgIpc) is 3.17. The van der Waals surface area contributed by atoms with E-state index in [-0.39, 0.29) is 5.69 Å². The van der Waals surface area contributed by atoms with Gasteiger partial charge in [-0.15, -0.1) is 0 Å². The van der Waals surface area contributed by atoms with Crippen LogP contribution in [-0.4, -0.2) is 28.9 Å². The van der Waals surface area contributed by atoms with Crippen LogP contribution in [0.4, 0.5) is 0 Å². The van der Waals surface area contributed by atoms with E-state index in [0.29, 0.717) is 0 Å². The third-order valence-corrected chi connectivity index (χ3v) is 5.32. The Bertz CT molecular complexity index is 1470. The van der Waals surface area contributed by atoms with E-state index in [1.165, 1.54) is 0 Å². The zero-order chi connectivity index (χ0) is 20.3. The van der Waals surface area contributed by atoms with Gasteiger partial charge in [0.05, 0.1) is 34.1 Å². The van der Waals surface area contributed by atoms with Crippen LogP contribution in [0.25, 0.3) is 38.8 Å². The molecule has 5 rings (SSSR count). The molecule has 0 saturated carbocycles. The van der Waals surface area contributed by atoms with E-state index in [1.54, 1.807) is 27.1 Å². The Labute approximate surface area is 166 Å². The quantitative estimate of drug-likeness (QED) is 0.468. The highest BCUT2D eigenvalue weighted by molar-refractivity contribution is 6.04. The summed E-state index contributed by atoms with van der Waals surface area (Å²) in [7, 11) is 3.63. The highest BCUT2D eigenvalue weighted by Gasteiger charge is 2.19. The van der Waals surface area contributed by atoms with Gasteiger partial charge >= 0.3 is 5.69 Å². The topological polar surface area (TPSA) is 70.5 Å². The second-order valence-corrected chi connectivity index (χ2v) is 7.43. The first-order valence-electron chi connectivity index (χ1n) is 9.37. The molecule has 0 unspecified atom stereocenters. The normalized spacial score (nSPS) is 11.6. The van der Waals surface area contributed by atoms with Crippen LogP contribution in [0, 0.1) is 13.8 Å². The van der Waals surface area contributed by atoms with Crippen LogP contribution in [0.2, 0.25) is 0 Å². The predicted octanol–water partition coefficient (Wildman–Crippen LogP) is 3.29. The molecule has 0 N–H and O–H groups in total. The molecule has 5 aromatic rings. The maximum absolute atomic E-state index is 13.1. The summed E-state index contributed by atoms with van der Waals surface area (Å²) in [5, 5.41) is 5.34. The second-order valence-electron chi connectivity index (χ2n) is 7.43. The lowest BCUT2D eigenvalue weighted by atomic mass is 10.0. The fourth-order valence-electron chi connectivity index (χ4n) is 3.92. The first kappa shape index (κ1) is 17.4. The van der Waals surface area contributed by atoms with Crippen molar-refractivity contribution in [2.45, 2.75) is 13.8 Å². The lowest BCUT2D eigenvalue weighted by Crippen LogP contribution is -2.21. The molecule has 7 heteroatoms. The van der Waals surface area contributed by atoms with E-state index in [9.17, 15) is 4.79 Å². The van der Waals surface area contributed by atoms with Gasteiger partial charge < -0.3 is 0 Å². The monoisotopic (exact) mass is 384 g/mol. The third kappa shape index (κ3) is 2.58. The van der Waals surface area contributed by atoms with Crippen LogP contribution < -0.4 is 5.69 Å². The van der Waals surface area contributed by atoms with Crippen molar-refractivity contribution >= 4 is 21.9 Å². The largest absolute Gasteiger partial charge is 0.333 e. The number of aromatic nitrogens is 6. The van der Waals surface area contributed by atoms with Crippen LogP contribution in [0.1, 0.15) is 11.3 Å². The number of imidazole rings is 1. The van der Waals surface area contributed by atoms with Gasteiger partial charge in [-0.05, 0) is 43.2 Å². The van der Waals surface area contributed by atoms with Gasteiger partial charge in [0.15, 0.2) is 0 Å². The fraction of sp³-hybridized carbons (Fsp3) is 0.182. The van der Waals surface area contributed by atoms with Crippen molar-refractivity contribution in [2.24, 2.45) is 14.1 Å². The van der Waals surface area contributed by atoms with Crippen molar-refractivity contribution in [3.05, 3.63) is 70.8 Å². The highest BCUT2D eigenvalue weighted by atomic mass is 16.1. The Hall–Kier alpha value is -3.74. The zero-order valence-electron chi connectivity index (χ0n) is 16.7. The molecule has 0 atom stereocenters. The van der Waals surface area contributed by atoms with E-state index in [1.807, 2.05) is 51.6 Å². The Morgan fingerprint density at radius 2 is 1.79 bits per heavy atom. The van der Waals surface area contributed by atoms with Gasteiger partial charge in [-0.25, -0.2) is 4.79 Å². The summed E-state index contributed by atoms with van der Waals surface area (Å²) in [5.74, 6) is 0. The van der Waals surface area contributed by atoms with Crippen molar-refractivity contribution in [2.75, 3.05) is 0 Å². The molecule has 144 valence electrons. The van der Waals surface area contributed by atoms with Crippen molar-refractivity contribution in [3.63, 3.8) is 0 Å². The lowest BCUT2D eigenvalue weighted by molar-refractivity contribution is 0.756. The number of fused-ring (bicyclic) bond motifs is 3. The Balaban J connectivity index is 1.90. The highest BCUT2D eigenvalue weighted by Crippen LogP contribution is 2.30. The van der Waals surface area contributed by atoms with E-state index in [4.69, 9.17) is 0 Å². The lowest BCUT2D eigenvalue weighted by Gasteiger charge is -2.08. The minimum absolute atomic E-state index is 0.118. The van der Waals surface area contributed by atoms with Crippen LogP contribution in [0.5, 0.6) is 0 Å². The van der Waals surface area contributed by atoms with Crippen molar-refractivity contribution in [1.29, 1.82) is 0 Å². The summed E-state index contributed by atoms with van der Waals surface area (Å²) in [6.07, 6.45) is 7.32. The molecule has 0 fully saturated rings. The van der Waals surface area contributed by atoms with Crippen molar-refractivity contribution < 1.29 is 0 Å². The third-order valence-electron chi connectivity index (χ3n) is 5.32. The molecular formula is C22H20N6O. The first-order valence-corrected chi connectivity index (χ1v) is 9.37. The number of rotatable bonds is 2. The molecule has 0 spiro atoms. The zero-order valence-corrected chi connectivity index (χ0v) is 16.7. The van der Waals surface area contributed by atoms with Gasteiger partial charge in [-0.3, -0.25) is 23.8 Å². The van der Waals surface area contributed by atoms with E-state index in [0.717, 1.165) is 50.0 Å². The molecule has 0 radical (unpaired) electrons. The predicted molar refractivity (Wildman–Crippen MR) is 113 cm³/mol.